The van der Waals surface area contributed by atoms with E-state index in [1.165, 1.54) is 24.2 Å². The van der Waals surface area contributed by atoms with Crippen LogP contribution in [0.5, 0.6) is 0 Å². The van der Waals surface area contributed by atoms with Crippen molar-refractivity contribution in [3.63, 3.8) is 0 Å². The summed E-state index contributed by atoms with van der Waals surface area (Å²) in [6, 6.07) is 2.03. The van der Waals surface area contributed by atoms with E-state index in [4.69, 9.17) is 9.47 Å². The average molecular weight is 501 g/mol. The Labute approximate surface area is 198 Å². The van der Waals surface area contributed by atoms with Crippen molar-refractivity contribution in [2.75, 3.05) is 20.7 Å². The fraction of sp³-hybridized carbons (Fsp3) is 0.500. The second kappa shape index (κ2) is 10.6. The summed E-state index contributed by atoms with van der Waals surface area (Å²) >= 11 is 4.22. The number of aliphatic imine (C=N–C) groups is 1. The van der Waals surface area contributed by atoms with E-state index in [9.17, 15) is 23.1 Å². The van der Waals surface area contributed by atoms with E-state index < -0.39 is 36.0 Å². The Balaban J connectivity index is 2.05. The number of alkyl halides is 3. The zero-order valence-corrected chi connectivity index (χ0v) is 19.3. The molecule has 4 unspecified atom stereocenters. The Morgan fingerprint density at radius 1 is 1.53 bits per heavy atom. The number of nitrogens with one attached hydrogen (secondary N) is 1. The fourth-order valence-electron chi connectivity index (χ4n) is 3.31. The number of aliphatic hydroxyl groups excluding tert-OH is 1. The third kappa shape index (κ3) is 5.98. The van der Waals surface area contributed by atoms with Crippen LogP contribution in [-0.2, 0) is 14.3 Å². The quantitative estimate of drug-likeness (QED) is 0.138. The van der Waals surface area contributed by atoms with E-state index in [-0.39, 0.29) is 18.0 Å². The van der Waals surface area contributed by atoms with Crippen molar-refractivity contribution in [1.29, 1.82) is 0 Å². The topological polar surface area (TPSA) is 114 Å². The summed E-state index contributed by atoms with van der Waals surface area (Å²) in [5.74, 6) is 0.549. The molecule has 184 valence electrons. The van der Waals surface area contributed by atoms with Gasteiger partial charge >= 0.3 is 12.1 Å². The molecule has 4 atom stereocenters. The predicted octanol–water partition coefficient (Wildman–Crippen LogP) is 1.58. The van der Waals surface area contributed by atoms with Crippen molar-refractivity contribution in [3.05, 3.63) is 18.1 Å². The van der Waals surface area contributed by atoms with Crippen molar-refractivity contribution in [2.24, 2.45) is 4.99 Å². The van der Waals surface area contributed by atoms with E-state index in [0.29, 0.717) is 17.5 Å². The van der Waals surface area contributed by atoms with Crippen LogP contribution in [0, 0.1) is 12.0 Å². The summed E-state index contributed by atoms with van der Waals surface area (Å²) in [6.45, 7) is 1.45. The van der Waals surface area contributed by atoms with Gasteiger partial charge in [0.05, 0.1) is 35.4 Å². The number of carbonyl (C=O) groups excluding carboxylic acids is 1. The molecular weight excluding hydrogens is 477 g/mol. The molecule has 3 rings (SSSR count). The van der Waals surface area contributed by atoms with Gasteiger partial charge in [-0.15, -0.1) is 12.6 Å². The summed E-state index contributed by atoms with van der Waals surface area (Å²) in [4.78, 5) is 25.5. The van der Waals surface area contributed by atoms with Crippen LogP contribution < -0.4 is 5.32 Å². The van der Waals surface area contributed by atoms with Crippen molar-refractivity contribution in [1.82, 2.24) is 24.8 Å². The first-order chi connectivity index (χ1) is 16.0. The Morgan fingerprint density at radius 2 is 2.26 bits per heavy atom. The third-order valence-corrected chi connectivity index (χ3v) is 4.80. The van der Waals surface area contributed by atoms with E-state index in [0.717, 1.165) is 0 Å². The molecule has 1 fully saturated rings. The number of halogens is 3. The first kappa shape index (κ1) is 25.8. The van der Waals surface area contributed by atoms with Gasteiger partial charge in [0.2, 0.25) is 0 Å². The molecule has 0 aliphatic carbocycles. The van der Waals surface area contributed by atoms with E-state index in [2.05, 4.69) is 33.5 Å². The smallest absolute Gasteiger partial charge is 0.394 e. The number of aromatic nitrogens is 3. The minimum Gasteiger partial charge on any atom is -0.394 e. The maximum atomic E-state index is 12.5. The highest BCUT2D eigenvalue weighted by Crippen LogP contribution is 2.36. The van der Waals surface area contributed by atoms with Crippen LogP contribution >= 0.6 is 12.6 Å². The van der Waals surface area contributed by atoms with Crippen LogP contribution in [0.4, 0.5) is 19.0 Å². The van der Waals surface area contributed by atoms with Gasteiger partial charge in [-0.1, -0.05) is 0 Å². The second-order valence-electron chi connectivity index (χ2n) is 7.58. The molecule has 10 nitrogen and oxygen atoms in total. The fourth-order valence-corrected chi connectivity index (χ4v) is 3.47. The van der Waals surface area contributed by atoms with Gasteiger partial charge in [0.1, 0.15) is 24.3 Å². The maximum Gasteiger partial charge on any atom is 0.472 e. The van der Waals surface area contributed by atoms with Crippen LogP contribution in [0.2, 0.25) is 0 Å². The summed E-state index contributed by atoms with van der Waals surface area (Å²) in [6.07, 6.45) is -2.12. The Bertz CT molecular complexity index is 1130. The van der Waals surface area contributed by atoms with Gasteiger partial charge in [0.15, 0.2) is 5.82 Å². The minimum atomic E-state index is -5.07. The molecule has 3 heterocycles. The SMILES string of the molecule is CC(S)OC1CC(n2cc(C#CNC(=O)C(F)(F)F)c3c(N=CN(C)C)ncnc32)OC1CO. The first-order valence-electron chi connectivity index (χ1n) is 10.1. The molecule has 1 amide bonds. The highest BCUT2D eigenvalue weighted by atomic mass is 32.1. The number of thiol groups is 1. The van der Waals surface area contributed by atoms with Crippen molar-refractivity contribution in [2.45, 2.75) is 43.4 Å². The minimum absolute atomic E-state index is 0.220. The lowest BCUT2D eigenvalue weighted by Gasteiger charge is -2.18. The van der Waals surface area contributed by atoms with Crippen LogP contribution in [0.3, 0.4) is 0 Å². The van der Waals surface area contributed by atoms with Gasteiger partial charge in [-0.05, 0) is 12.8 Å². The zero-order chi connectivity index (χ0) is 25.0. The zero-order valence-electron chi connectivity index (χ0n) is 18.4. The normalized spacial score (nSPS) is 21.5. The average Bonchev–Trinajstić information content (AvgIpc) is 3.32. The van der Waals surface area contributed by atoms with Crippen molar-refractivity contribution >= 4 is 41.7 Å². The molecule has 0 bridgehead atoms. The van der Waals surface area contributed by atoms with Crippen molar-refractivity contribution < 1.29 is 32.5 Å². The molecule has 0 aromatic carbocycles. The Morgan fingerprint density at radius 3 is 2.88 bits per heavy atom. The first-order valence-corrected chi connectivity index (χ1v) is 10.6. The summed E-state index contributed by atoms with van der Waals surface area (Å²) in [5, 5.41) is 11.6. The van der Waals surface area contributed by atoms with Gasteiger partial charge in [-0.2, -0.15) is 13.2 Å². The Hall–Kier alpha value is -2.86. The number of ether oxygens (including phenoxy) is 2. The van der Waals surface area contributed by atoms with Crippen LogP contribution in [0.1, 0.15) is 25.1 Å². The number of nitrogens with zero attached hydrogens (tertiary/aromatic N) is 5. The highest BCUT2D eigenvalue weighted by molar-refractivity contribution is 7.80. The molecule has 0 radical (unpaired) electrons. The predicted molar refractivity (Wildman–Crippen MR) is 119 cm³/mol. The molecule has 0 spiro atoms. The number of amides is 1. The molecular formula is C20H23F3N6O4S. The van der Waals surface area contributed by atoms with E-state index in [1.807, 2.05) is 6.04 Å². The molecule has 2 aromatic rings. The monoisotopic (exact) mass is 500 g/mol. The molecule has 1 saturated heterocycles. The summed E-state index contributed by atoms with van der Waals surface area (Å²) < 4.78 is 50.8. The summed E-state index contributed by atoms with van der Waals surface area (Å²) in [5.41, 5.74) is 0.185. The largest absolute Gasteiger partial charge is 0.472 e. The Kier molecular flexibility index (Phi) is 8.03. The van der Waals surface area contributed by atoms with Crippen LogP contribution in [0.25, 0.3) is 11.0 Å². The molecule has 1 aliphatic rings. The van der Waals surface area contributed by atoms with Gasteiger partial charge in [0, 0.05) is 32.8 Å². The molecule has 1 aliphatic heterocycles. The molecule has 34 heavy (non-hydrogen) atoms. The number of carbonyl (C=O) groups is 1. The lowest BCUT2D eigenvalue weighted by molar-refractivity contribution is -0.172. The molecule has 14 heteroatoms. The number of hydrogen-bond donors (Lipinski definition) is 3. The van der Waals surface area contributed by atoms with E-state index >= 15 is 0 Å². The number of hydrogen-bond acceptors (Lipinski definition) is 8. The van der Waals surface area contributed by atoms with Gasteiger partial charge in [0.25, 0.3) is 0 Å². The maximum absolute atomic E-state index is 12.5. The number of rotatable bonds is 6. The second-order valence-corrected chi connectivity index (χ2v) is 8.30. The van der Waals surface area contributed by atoms with Gasteiger partial charge in [-0.25, -0.2) is 15.0 Å². The van der Waals surface area contributed by atoms with Crippen molar-refractivity contribution in [3.8, 4) is 12.0 Å². The lowest BCUT2D eigenvalue weighted by atomic mass is 10.2. The standard InChI is InChI=1S/C20H23F3N6O4S/c1-11(34)32-13-6-15(33-14(13)8-30)29-7-12(4-5-24-19(31)20(21,22)23)16-17(27-10-28(2)3)25-9-26-18(16)29/h7,9-11,13-15,30,34H,6,8H2,1-3H3,(H,24,31). The molecule has 2 aromatic heterocycles. The number of fused-ring (bicyclic) bond motifs is 1. The molecule has 0 saturated carbocycles. The van der Waals surface area contributed by atoms with E-state index in [1.54, 1.807) is 30.5 Å². The van der Waals surface area contributed by atoms with Crippen LogP contribution in [-0.4, -0.2) is 81.3 Å². The number of aliphatic hydroxyl groups is 1. The van der Waals surface area contributed by atoms with Gasteiger partial charge in [-0.3, -0.25) is 10.1 Å². The summed E-state index contributed by atoms with van der Waals surface area (Å²) in [7, 11) is 3.51. The third-order valence-electron chi connectivity index (χ3n) is 4.67. The highest BCUT2D eigenvalue weighted by Gasteiger charge is 2.39. The van der Waals surface area contributed by atoms with Gasteiger partial charge < -0.3 is 24.0 Å². The molecule has 2 N–H and O–H groups in total. The lowest BCUT2D eigenvalue weighted by Crippen LogP contribution is -2.33. The van der Waals surface area contributed by atoms with Crippen LogP contribution in [0.15, 0.2) is 17.5 Å².